The highest BCUT2D eigenvalue weighted by Gasteiger charge is 2.15. The van der Waals surface area contributed by atoms with E-state index in [0.29, 0.717) is 11.3 Å². The first-order valence-corrected chi connectivity index (χ1v) is 6.69. The number of nitriles is 1. The Kier molecular flexibility index (Phi) is 4.62. The van der Waals surface area contributed by atoms with E-state index in [1.807, 2.05) is 13.0 Å². The maximum Gasteiger partial charge on any atom is 0.337 e. The van der Waals surface area contributed by atoms with Crippen molar-refractivity contribution in [2.24, 2.45) is 0 Å². The molecule has 116 valence electrons. The summed E-state index contributed by atoms with van der Waals surface area (Å²) in [6.07, 6.45) is 0. The number of rotatable bonds is 4. The molecule has 2 N–H and O–H groups in total. The second kappa shape index (κ2) is 6.62. The summed E-state index contributed by atoms with van der Waals surface area (Å²) in [7, 11) is 1.51. The summed E-state index contributed by atoms with van der Waals surface area (Å²) in [6, 6.07) is 10.9. The van der Waals surface area contributed by atoms with Gasteiger partial charge in [-0.3, -0.25) is 4.79 Å². The highest BCUT2D eigenvalue weighted by atomic mass is 16.5. The van der Waals surface area contributed by atoms with Gasteiger partial charge in [0.2, 0.25) is 0 Å². The SMILES string of the molecule is COc1cc(C(=O)Nc2ccc(C#N)cc2C(=O)O)ccc1C. The molecule has 0 aliphatic carbocycles. The largest absolute Gasteiger partial charge is 0.496 e. The fourth-order valence-corrected chi connectivity index (χ4v) is 2.06. The van der Waals surface area contributed by atoms with E-state index in [0.717, 1.165) is 5.56 Å². The zero-order valence-corrected chi connectivity index (χ0v) is 12.6. The number of benzene rings is 2. The average molecular weight is 310 g/mol. The summed E-state index contributed by atoms with van der Waals surface area (Å²) in [6.45, 7) is 1.85. The Balaban J connectivity index is 2.34. The van der Waals surface area contributed by atoms with Gasteiger partial charge in [0.15, 0.2) is 0 Å². The number of ether oxygens (including phenoxy) is 1. The van der Waals surface area contributed by atoms with Crippen molar-refractivity contribution in [1.29, 1.82) is 5.26 Å². The number of anilines is 1. The summed E-state index contributed by atoms with van der Waals surface area (Å²) in [5, 5.41) is 20.6. The van der Waals surface area contributed by atoms with Crippen molar-refractivity contribution in [3.05, 3.63) is 58.7 Å². The van der Waals surface area contributed by atoms with Crippen molar-refractivity contribution in [2.75, 3.05) is 12.4 Å². The molecule has 0 bridgehead atoms. The molecule has 0 aromatic heterocycles. The lowest BCUT2D eigenvalue weighted by Gasteiger charge is -2.10. The number of carboxylic acid groups (broad SMARTS) is 1. The Hall–Kier alpha value is -3.33. The predicted molar refractivity (Wildman–Crippen MR) is 83.8 cm³/mol. The van der Waals surface area contributed by atoms with Crippen LogP contribution in [-0.2, 0) is 0 Å². The van der Waals surface area contributed by atoms with Crippen molar-refractivity contribution >= 4 is 17.6 Å². The molecule has 0 saturated carbocycles. The molecule has 6 heteroatoms. The summed E-state index contributed by atoms with van der Waals surface area (Å²) >= 11 is 0. The summed E-state index contributed by atoms with van der Waals surface area (Å²) < 4.78 is 5.17. The first-order chi connectivity index (χ1) is 11.0. The number of aromatic carboxylic acids is 1. The fourth-order valence-electron chi connectivity index (χ4n) is 2.06. The van der Waals surface area contributed by atoms with Crippen molar-refractivity contribution in [3.63, 3.8) is 0 Å². The first kappa shape index (κ1) is 16.0. The molecule has 6 nitrogen and oxygen atoms in total. The number of amides is 1. The minimum atomic E-state index is -1.22. The van der Waals surface area contributed by atoms with E-state index in [1.54, 1.807) is 18.2 Å². The standard InChI is InChI=1S/C17H14N2O4/c1-10-3-5-12(8-15(10)23-2)16(20)19-14-6-4-11(9-18)7-13(14)17(21)22/h3-8H,1-2H3,(H,19,20)(H,21,22). The third-order valence-electron chi connectivity index (χ3n) is 3.30. The van der Waals surface area contributed by atoms with Crippen LogP contribution in [0.2, 0.25) is 0 Å². The van der Waals surface area contributed by atoms with Gasteiger partial charge in [0.25, 0.3) is 5.91 Å². The first-order valence-electron chi connectivity index (χ1n) is 6.69. The molecule has 0 atom stereocenters. The zero-order chi connectivity index (χ0) is 17.0. The molecule has 0 aliphatic heterocycles. The number of aryl methyl sites for hydroxylation is 1. The molecule has 0 aliphatic rings. The molecule has 23 heavy (non-hydrogen) atoms. The van der Waals surface area contributed by atoms with Gasteiger partial charge in [0.05, 0.1) is 30.0 Å². The maximum atomic E-state index is 12.3. The summed E-state index contributed by atoms with van der Waals surface area (Å²) in [4.78, 5) is 23.6. The molecule has 1 amide bonds. The number of carbonyl (C=O) groups excluding carboxylic acids is 1. The number of methoxy groups -OCH3 is 1. The molecule has 0 spiro atoms. The predicted octanol–water partition coefficient (Wildman–Crippen LogP) is 2.83. The Labute approximate surface area is 132 Å². The smallest absolute Gasteiger partial charge is 0.337 e. The van der Waals surface area contributed by atoms with E-state index in [-0.39, 0.29) is 16.8 Å². The third-order valence-corrected chi connectivity index (χ3v) is 3.30. The van der Waals surface area contributed by atoms with E-state index in [4.69, 9.17) is 10.00 Å². The molecular weight excluding hydrogens is 296 g/mol. The molecule has 0 radical (unpaired) electrons. The van der Waals surface area contributed by atoms with E-state index < -0.39 is 11.9 Å². The second-order valence-corrected chi connectivity index (χ2v) is 4.82. The van der Waals surface area contributed by atoms with Crippen LogP contribution in [0.5, 0.6) is 5.75 Å². The van der Waals surface area contributed by atoms with Gasteiger partial charge in [0.1, 0.15) is 5.75 Å². The third kappa shape index (κ3) is 3.47. The van der Waals surface area contributed by atoms with Crippen molar-refractivity contribution in [3.8, 4) is 11.8 Å². The summed E-state index contributed by atoms with van der Waals surface area (Å²) in [5.41, 5.74) is 1.41. The van der Waals surface area contributed by atoms with E-state index in [2.05, 4.69) is 5.32 Å². The van der Waals surface area contributed by atoms with Gasteiger partial charge in [-0.05, 0) is 42.8 Å². The number of hydrogen-bond donors (Lipinski definition) is 2. The monoisotopic (exact) mass is 310 g/mol. The molecule has 2 aromatic carbocycles. The topological polar surface area (TPSA) is 99.4 Å². The average Bonchev–Trinajstić information content (AvgIpc) is 2.55. The van der Waals surface area contributed by atoms with E-state index in [9.17, 15) is 14.7 Å². The molecule has 0 fully saturated rings. The Morgan fingerprint density at radius 3 is 2.57 bits per heavy atom. The molecule has 2 rings (SSSR count). The number of nitrogens with zero attached hydrogens (tertiary/aromatic N) is 1. The van der Waals surface area contributed by atoms with Crippen LogP contribution in [0.4, 0.5) is 5.69 Å². The minimum Gasteiger partial charge on any atom is -0.496 e. The lowest BCUT2D eigenvalue weighted by Crippen LogP contribution is -2.15. The number of carboxylic acids is 1. The fraction of sp³-hybridized carbons (Fsp3) is 0.118. The van der Waals surface area contributed by atoms with E-state index in [1.165, 1.54) is 25.3 Å². The highest BCUT2D eigenvalue weighted by molar-refractivity contribution is 6.08. The van der Waals surface area contributed by atoms with Crippen molar-refractivity contribution < 1.29 is 19.4 Å². The Morgan fingerprint density at radius 1 is 1.22 bits per heavy atom. The van der Waals surface area contributed by atoms with Crippen LogP contribution < -0.4 is 10.1 Å². The number of hydrogen-bond acceptors (Lipinski definition) is 4. The lowest BCUT2D eigenvalue weighted by molar-refractivity contribution is 0.0698. The quantitative estimate of drug-likeness (QED) is 0.904. The van der Waals surface area contributed by atoms with E-state index >= 15 is 0 Å². The minimum absolute atomic E-state index is 0.126. The van der Waals surface area contributed by atoms with Crippen LogP contribution in [0.3, 0.4) is 0 Å². The zero-order valence-electron chi connectivity index (χ0n) is 12.6. The van der Waals surface area contributed by atoms with Crippen LogP contribution in [0, 0.1) is 18.3 Å². The molecule has 2 aromatic rings. The van der Waals surface area contributed by atoms with Gasteiger partial charge in [0, 0.05) is 5.56 Å². The van der Waals surface area contributed by atoms with Crippen LogP contribution in [-0.4, -0.2) is 24.1 Å². The molecule has 0 unspecified atom stereocenters. The van der Waals surface area contributed by atoms with Crippen molar-refractivity contribution in [1.82, 2.24) is 0 Å². The van der Waals surface area contributed by atoms with Crippen LogP contribution in [0.1, 0.15) is 31.8 Å². The van der Waals surface area contributed by atoms with Gasteiger partial charge in [-0.2, -0.15) is 5.26 Å². The summed E-state index contributed by atoms with van der Waals surface area (Å²) in [5.74, 6) is -1.12. The maximum absolute atomic E-state index is 12.3. The molecule has 0 heterocycles. The van der Waals surface area contributed by atoms with Crippen LogP contribution in [0.25, 0.3) is 0 Å². The molecular formula is C17H14N2O4. The second-order valence-electron chi connectivity index (χ2n) is 4.82. The molecule has 0 saturated heterocycles. The normalized spacial score (nSPS) is 9.78. The van der Waals surface area contributed by atoms with Gasteiger partial charge < -0.3 is 15.2 Å². The van der Waals surface area contributed by atoms with Crippen LogP contribution in [0.15, 0.2) is 36.4 Å². The van der Waals surface area contributed by atoms with Gasteiger partial charge in [-0.25, -0.2) is 4.79 Å². The lowest BCUT2D eigenvalue weighted by atomic mass is 10.1. The van der Waals surface area contributed by atoms with Gasteiger partial charge >= 0.3 is 5.97 Å². The van der Waals surface area contributed by atoms with Crippen molar-refractivity contribution in [2.45, 2.75) is 6.92 Å². The van der Waals surface area contributed by atoms with Gasteiger partial charge in [-0.15, -0.1) is 0 Å². The number of nitrogens with one attached hydrogen (secondary N) is 1. The Bertz CT molecular complexity index is 822. The highest BCUT2D eigenvalue weighted by Crippen LogP contribution is 2.22. The number of carbonyl (C=O) groups is 2. The van der Waals surface area contributed by atoms with Crippen LogP contribution >= 0.6 is 0 Å². The Morgan fingerprint density at radius 2 is 1.96 bits per heavy atom. The van der Waals surface area contributed by atoms with Gasteiger partial charge in [-0.1, -0.05) is 6.07 Å².